The summed E-state index contributed by atoms with van der Waals surface area (Å²) in [6.45, 7) is 0.841. The first-order valence-electron chi connectivity index (χ1n) is 8.63. The monoisotopic (exact) mass is 305 g/mol. The molecule has 2 aromatic rings. The number of hydrogen-bond acceptors (Lipinski definition) is 2. The Kier molecular flexibility index (Phi) is 4.01. The zero-order valence-electron chi connectivity index (χ0n) is 13.4. The molecule has 0 saturated carbocycles. The molecule has 1 aliphatic heterocycles. The fraction of sp³-hybridized carbons (Fsp3) is 0.350. The van der Waals surface area contributed by atoms with Crippen LogP contribution in [-0.2, 0) is 19.3 Å². The maximum Gasteiger partial charge on any atom is 0.0657 e. The van der Waals surface area contributed by atoms with Crippen LogP contribution in [0.3, 0.4) is 0 Å². The van der Waals surface area contributed by atoms with Crippen molar-refractivity contribution in [3.8, 4) is 0 Å². The van der Waals surface area contributed by atoms with Gasteiger partial charge in [0.15, 0.2) is 0 Å². The highest BCUT2D eigenvalue weighted by molar-refractivity contribution is 6.05. The van der Waals surface area contributed by atoms with Gasteiger partial charge in [-0.1, -0.05) is 30.3 Å². The topological polar surface area (TPSA) is 40.2 Å². The van der Waals surface area contributed by atoms with Crippen LogP contribution in [-0.4, -0.2) is 17.2 Å². The second kappa shape index (κ2) is 6.45. The number of nitrogens with one attached hydrogen (secondary N) is 2. The number of aryl methyl sites for hydroxylation is 3. The number of rotatable bonds is 4. The van der Waals surface area contributed by atoms with Crippen molar-refractivity contribution in [2.24, 2.45) is 5.10 Å². The molecule has 118 valence electrons. The van der Waals surface area contributed by atoms with E-state index in [-0.39, 0.29) is 0 Å². The fourth-order valence-electron chi connectivity index (χ4n) is 3.55. The van der Waals surface area contributed by atoms with Crippen molar-refractivity contribution in [2.45, 2.75) is 38.5 Å². The summed E-state index contributed by atoms with van der Waals surface area (Å²) < 4.78 is 0. The molecule has 1 aromatic carbocycles. The molecular weight excluding hydrogens is 282 g/mol. The lowest BCUT2D eigenvalue weighted by atomic mass is 9.98. The Morgan fingerprint density at radius 3 is 2.78 bits per heavy atom. The number of nitrogens with zero attached hydrogens (tertiary/aromatic N) is 1. The van der Waals surface area contributed by atoms with Crippen molar-refractivity contribution < 1.29 is 0 Å². The molecule has 0 fully saturated rings. The van der Waals surface area contributed by atoms with Crippen molar-refractivity contribution in [2.75, 3.05) is 6.54 Å². The van der Waals surface area contributed by atoms with Gasteiger partial charge in [0.2, 0.25) is 0 Å². The van der Waals surface area contributed by atoms with E-state index in [1.165, 1.54) is 59.5 Å². The largest absolute Gasteiger partial charge is 0.359 e. The predicted molar refractivity (Wildman–Crippen MR) is 95.6 cm³/mol. The summed E-state index contributed by atoms with van der Waals surface area (Å²) in [5, 5.41) is 4.49. The van der Waals surface area contributed by atoms with Crippen LogP contribution in [0.1, 0.15) is 41.8 Å². The third-order valence-electron chi connectivity index (χ3n) is 4.81. The van der Waals surface area contributed by atoms with Gasteiger partial charge in [-0.3, -0.25) is 0 Å². The Labute approximate surface area is 137 Å². The second-order valence-corrected chi connectivity index (χ2v) is 6.48. The molecule has 4 rings (SSSR count). The van der Waals surface area contributed by atoms with E-state index in [1.54, 1.807) is 0 Å². The number of fused-ring (bicyclic) bond motifs is 1. The van der Waals surface area contributed by atoms with Gasteiger partial charge in [0.25, 0.3) is 0 Å². The van der Waals surface area contributed by atoms with Crippen molar-refractivity contribution in [1.29, 1.82) is 0 Å². The summed E-state index contributed by atoms with van der Waals surface area (Å²) in [5.41, 5.74) is 11.2. The molecule has 1 aromatic heterocycles. The molecule has 2 heterocycles. The van der Waals surface area contributed by atoms with Crippen LogP contribution in [0.4, 0.5) is 0 Å². The molecule has 2 N–H and O–H groups in total. The lowest BCUT2D eigenvalue weighted by Crippen LogP contribution is -2.04. The third kappa shape index (κ3) is 3.24. The van der Waals surface area contributed by atoms with Crippen LogP contribution < -0.4 is 5.43 Å². The van der Waals surface area contributed by atoms with E-state index in [2.05, 4.69) is 58.0 Å². The molecule has 0 bridgehead atoms. The number of benzene rings is 1. The molecule has 2 aliphatic rings. The predicted octanol–water partition coefficient (Wildman–Crippen LogP) is 3.87. The Balaban J connectivity index is 1.47. The molecule has 0 atom stereocenters. The first-order chi connectivity index (χ1) is 11.4. The highest BCUT2D eigenvalue weighted by Gasteiger charge is 2.16. The Hall–Kier alpha value is -2.29. The zero-order chi connectivity index (χ0) is 15.5. The average Bonchev–Trinajstić information content (AvgIpc) is 3.20. The van der Waals surface area contributed by atoms with Gasteiger partial charge >= 0.3 is 0 Å². The van der Waals surface area contributed by atoms with E-state index < -0.39 is 0 Å². The lowest BCUT2D eigenvalue weighted by molar-refractivity contribution is 0.677. The number of H-pyrrole nitrogens is 1. The Morgan fingerprint density at radius 1 is 1.04 bits per heavy atom. The molecular formula is C20H23N3. The molecule has 23 heavy (non-hydrogen) atoms. The Bertz CT molecular complexity index is 714. The lowest BCUT2D eigenvalue weighted by Gasteiger charge is -2.08. The quantitative estimate of drug-likeness (QED) is 0.884. The third-order valence-corrected chi connectivity index (χ3v) is 4.81. The van der Waals surface area contributed by atoms with Crippen LogP contribution in [0.15, 0.2) is 47.1 Å². The highest BCUT2D eigenvalue weighted by atomic mass is 15.3. The minimum atomic E-state index is 0.841. The number of hydrazone groups is 1. The molecule has 3 nitrogen and oxygen atoms in total. The molecule has 3 heteroatoms. The van der Waals surface area contributed by atoms with Crippen molar-refractivity contribution in [1.82, 2.24) is 10.4 Å². The average molecular weight is 305 g/mol. The van der Waals surface area contributed by atoms with Gasteiger partial charge in [0.1, 0.15) is 0 Å². The normalized spacial score (nSPS) is 18.6. The minimum absolute atomic E-state index is 0.841. The van der Waals surface area contributed by atoms with Crippen molar-refractivity contribution >= 4 is 11.8 Å². The van der Waals surface area contributed by atoms with Gasteiger partial charge in [-0.25, -0.2) is 0 Å². The number of aromatic amines is 1. The molecule has 0 radical (unpaired) electrons. The summed E-state index contributed by atoms with van der Waals surface area (Å²) in [4.78, 5) is 3.60. The zero-order valence-corrected chi connectivity index (χ0v) is 13.4. The van der Waals surface area contributed by atoms with Gasteiger partial charge in [-0.05, 0) is 67.4 Å². The molecule has 0 spiro atoms. The summed E-state index contributed by atoms with van der Waals surface area (Å²) >= 11 is 0. The summed E-state index contributed by atoms with van der Waals surface area (Å²) in [6.07, 6.45) is 9.38. The Morgan fingerprint density at radius 2 is 1.91 bits per heavy atom. The van der Waals surface area contributed by atoms with Gasteiger partial charge in [-0.15, -0.1) is 0 Å². The van der Waals surface area contributed by atoms with Crippen LogP contribution in [0.2, 0.25) is 0 Å². The highest BCUT2D eigenvalue weighted by Crippen LogP contribution is 2.23. The van der Waals surface area contributed by atoms with Crippen molar-refractivity contribution in [3.05, 3.63) is 64.5 Å². The van der Waals surface area contributed by atoms with Crippen LogP contribution in [0.25, 0.3) is 6.08 Å². The van der Waals surface area contributed by atoms with Crippen LogP contribution in [0, 0.1) is 0 Å². The number of aromatic nitrogens is 1. The van der Waals surface area contributed by atoms with E-state index in [0.29, 0.717) is 0 Å². The summed E-state index contributed by atoms with van der Waals surface area (Å²) in [6, 6.07) is 13.0. The smallest absolute Gasteiger partial charge is 0.0657 e. The van der Waals surface area contributed by atoms with Gasteiger partial charge in [0.05, 0.1) is 12.3 Å². The van der Waals surface area contributed by atoms with E-state index >= 15 is 0 Å². The van der Waals surface area contributed by atoms with Crippen molar-refractivity contribution in [3.63, 3.8) is 0 Å². The van der Waals surface area contributed by atoms with E-state index in [4.69, 9.17) is 0 Å². The molecule has 1 aliphatic carbocycles. The second-order valence-electron chi connectivity index (χ2n) is 6.48. The van der Waals surface area contributed by atoms with E-state index in [9.17, 15) is 0 Å². The van der Waals surface area contributed by atoms with E-state index in [0.717, 1.165) is 19.4 Å². The molecule has 0 amide bonds. The van der Waals surface area contributed by atoms with Gasteiger partial charge < -0.3 is 10.4 Å². The number of hydrogen-bond donors (Lipinski definition) is 2. The van der Waals surface area contributed by atoms with Gasteiger partial charge in [0, 0.05) is 11.4 Å². The maximum atomic E-state index is 4.49. The molecule has 0 saturated heterocycles. The fourth-order valence-corrected chi connectivity index (χ4v) is 3.55. The first kappa shape index (κ1) is 14.3. The maximum absolute atomic E-state index is 4.49. The van der Waals surface area contributed by atoms with E-state index in [1.807, 2.05) is 0 Å². The van der Waals surface area contributed by atoms with Gasteiger partial charge in [-0.2, -0.15) is 5.10 Å². The van der Waals surface area contributed by atoms with Crippen LogP contribution in [0.5, 0.6) is 0 Å². The van der Waals surface area contributed by atoms with Crippen LogP contribution >= 0.6 is 0 Å². The minimum Gasteiger partial charge on any atom is -0.359 e. The SMILES string of the molecule is C(=C1/CNN=C1CCc1ccccc1)/c1cc2c([nH]1)CCCC2. The summed E-state index contributed by atoms with van der Waals surface area (Å²) in [5.74, 6) is 0. The standard InChI is InChI=1S/C20H23N3/c1-2-6-15(7-3-1)10-11-20-17(14-21-23-20)13-18-12-16-8-4-5-9-19(16)22-18/h1-3,6-7,12-13,21-22H,4-5,8-11,14H2/b17-13+. The first-order valence-corrected chi connectivity index (χ1v) is 8.63. The molecule has 0 unspecified atom stereocenters. The summed E-state index contributed by atoms with van der Waals surface area (Å²) in [7, 11) is 0.